The fraction of sp³-hybridized carbons (Fsp3) is 0.333. The molecule has 1 aliphatic heterocycles. The number of nitriles is 1. The van der Waals surface area contributed by atoms with Crippen LogP contribution in [0.15, 0.2) is 18.2 Å². The Morgan fingerprint density at radius 1 is 1.55 bits per heavy atom. The van der Waals surface area contributed by atoms with E-state index < -0.39 is 16.9 Å². The first-order valence-corrected chi connectivity index (χ1v) is 6.27. The van der Waals surface area contributed by atoms with Crippen LogP contribution >= 0.6 is 11.6 Å². The van der Waals surface area contributed by atoms with Gasteiger partial charge < -0.3 is 10.2 Å². The third kappa shape index (κ3) is 2.87. The number of nitro benzene ring substituents is 1. The van der Waals surface area contributed by atoms with Crippen molar-refractivity contribution in [2.75, 3.05) is 19.6 Å². The maximum Gasteiger partial charge on any atom is 0.271 e. The molecule has 1 atom stereocenters. The SMILES string of the molecule is N#CC1CNCCN1C(=O)c1cc(Cl)cc([N+](=O)[O-])c1. The molecular formula is C12H11ClN4O3. The minimum Gasteiger partial charge on any atom is -0.320 e. The lowest BCUT2D eigenvalue weighted by atomic mass is 10.1. The molecule has 8 heteroatoms. The van der Waals surface area contributed by atoms with E-state index in [4.69, 9.17) is 16.9 Å². The van der Waals surface area contributed by atoms with Crippen molar-refractivity contribution in [1.82, 2.24) is 10.2 Å². The van der Waals surface area contributed by atoms with Gasteiger partial charge >= 0.3 is 0 Å². The predicted octanol–water partition coefficient (Wildman–Crippen LogP) is 1.19. The number of non-ortho nitro benzene ring substituents is 1. The van der Waals surface area contributed by atoms with Crippen LogP contribution in [0, 0.1) is 21.4 Å². The van der Waals surface area contributed by atoms with E-state index in [2.05, 4.69) is 5.32 Å². The Bertz CT molecular complexity index is 599. The van der Waals surface area contributed by atoms with Crippen LogP contribution < -0.4 is 5.32 Å². The lowest BCUT2D eigenvalue weighted by molar-refractivity contribution is -0.384. The number of nitrogens with one attached hydrogen (secondary N) is 1. The number of carbonyl (C=O) groups excluding carboxylic acids is 1. The van der Waals surface area contributed by atoms with Crippen LogP contribution in [0.3, 0.4) is 0 Å². The third-order valence-electron chi connectivity index (χ3n) is 2.99. The summed E-state index contributed by atoms with van der Waals surface area (Å²) in [5.41, 5.74) is -0.129. The highest BCUT2D eigenvalue weighted by molar-refractivity contribution is 6.31. The summed E-state index contributed by atoms with van der Waals surface area (Å²) < 4.78 is 0. The second kappa shape index (κ2) is 5.86. The number of piperazine rings is 1. The number of hydrogen-bond acceptors (Lipinski definition) is 5. The van der Waals surface area contributed by atoms with Crippen molar-refractivity contribution in [3.8, 4) is 6.07 Å². The van der Waals surface area contributed by atoms with Gasteiger partial charge in [0.2, 0.25) is 0 Å². The predicted molar refractivity (Wildman–Crippen MR) is 71.4 cm³/mol. The molecule has 0 aliphatic carbocycles. The van der Waals surface area contributed by atoms with Gasteiger partial charge in [-0.3, -0.25) is 14.9 Å². The van der Waals surface area contributed by atoms with Gasteiger partial charge in [-0.15, -0.1) is 0 Å². The van der Waals surface area contributed by atoms with E-state index in [0.717, 1.165) is 0 Å². The van der Waals surface area contributed by atoms with Crippen LogP contribution in [0.1, 0.15) is 10.4 Å². The Morgan fingerprint density at radius 3 is 2.95 bits per heavy atom. The maximum atomic E-state index is 12.4. The minimum absolute atomic E-state index is 0.117. The first kappa shape index (κ1) is 14.2. The Morgan fingerprint density at radius 2 is 2.30 bits per heavy atom. The summed E-state index contributed by atoms with van der Waals surface area (Å²) >= 11 is 5.79. The summed E-state index contributed by atoms with van der Waals surface area (Å²) in [5.74, 6) is -0.427. The molecule has 1 saturated heterocycles. The Balaban J connectivity index is 2.33. The van der Waals surface area contributed by atoms with Crippen molar-refractivity contribution in [3.63, 3.8) is 0 Å². The number of nitrogens with zero attached hydrogens (tertiary/aromatic N) is 3. The zero-order chi connectivity index (χ0) is 14.7. The van der Waals surface area contributed by atoms with Gasteiger partial charge in [0, 0.05) is 42.4 Å². The van der Waals surface area contributed by atoms with Crippen molar-refractivity contribution < 1.29 is 9.72 Å². The molecule has 1 unspecified atom stereocenters. The number of halogens is 1. The average Bonchev–Trinajstić information content (AvgIpc) is 2.45. The number of amides is 1. The highest BCUT2D eigenvalue weighted by atomic mass is 35.5. The molecule has 1 N–H and O–H groups in total. The first-order valence-electron chi connectivity index (χ1n) is 5.89. The molecule has 104 valence electrons. The topological polar surface area (TPSA) is 99.3 Å². The van der Waals surface area contributed by atoms with Crippen molar-refractivity contribution in [1.29, 1.82) is 5.26 Å². The fourth-order valence-electron chi connectivity index (χ4n) is 2.03. The van der Waals surface area contributed by atoms with E-state index in [-0.39, 0.29) is 16.3 Å². The molecule has 20 heavy (non-hydrogen) atoms. The van der Waals surface area contributed by atoms with Crippen LogP contribution in [0.4, 0.5) is 5.69 Å². The van der Waals surface area contributed by atoms with Gasteiger partial charge in [-0.05, 0) is 6.07 Å². The zero-order valence-electron chi connectivity index (χ0n) is 10.4. The van der Waals surface area contributed by atoms with Crippen LogP contribution in [-0.2, 0) is 0 Å². The molecule has 1 aliphatic rings. The van der Waals surface area contributed by atoms with E-state index in [1.165, 1.54) is 23.1 Å². The summed E-state index contributed by atoms with van der Waals surface area (Å²) in [4.78, 5) is 23.9. The molecule has 1 heterocycles. The first-order chi connectivity index (χ1) is 9.52. The monoisotopic (exact) mass is 294 g/mol. The highest BCUT2D eigenvalue weighted by Crippen LogP contribution is 2.22. The van der Waals surface area contributed by atoms with Gasteiger partial charge in [-0.1, -0.05) is 11.6 Å². The van der Waals surface area contributed by atoms with E-state index in [0.29, 0.717) is 19.6 Å². The number of carbonyl (C=O) groups is 1. The summed E-state index contributed by atoms with van der Waals surface area (Å²) in [6.07, 6.45) is 0. The molecule has 1 fully saturated rings. The normalized spacial score (nSPS) is 18.4. The number of rotatable bonds is 2. The average molecular weight is 295 g/mol. The number of nitro groups is 1. The van der Waals surface area contributed by atoms with Gasteiger partial charge in [0.15, 0.2) is 0 Å². The van der Waals surface area contributed by atoms with Crippen LogP contribution in [0.2, 0.25) is 5.02 Å². The van der Waals surface area contributed by atoms with E-state index >= 15 is 0 Å². The molecule has 0 bridgehead atoms. The number of benzene rings is 1. The molecule has 1 aromatic rings. The smallest absolute Gasteiger partial charge is 0.271 e. The second-order valence-electron chi connectivity index (χ2n) is 4.30. The van der Waals surface area contributed by atoms with Crippen molar-refractivity contribution in [2.24, 2.45) is 0 Å². The molecule has 7 nitrogen and oxygen atoms in total. The molecule has 2 rings (SSSR count). The van der Waals surface area contributed by atoms with E-state index in [1.807, 2.05) is 6.07 Å². The summed E-state index contributed by atoms with van der Waals surface area (Å²) in [5, 5.41) is 23.0. The molecule has 0 aromatic heterocycles. The van der Waals surface area contributed by atoms with Gasteiger partial charge in [-0.25, -0.2) is 0 Å². The standard InChI is InChI=1S/C12H11ClN4O3/c13-9-3-8(4-10(5-9)17(19)20)12(18)16-2-1-15-7-11(16)6-14/h3-5,11,15H,1-2,7H2. The Kier molecular flexibility index (Phi) is 4.17. The van der Waals surface area contributed by atoms with E-state index in [1.54, 1.807) is 0 Å². The molecule has 0 radical (unpaired) electrons. The minimum atomic E-state index is -0.609. The molecule has 1 aromatic carbocycles. The van der Waals surface area contributed by atoms with E-state index in [9.17, 15) is 14.9 Å². The Labute approximate surface area is 119 Å². The Hall–Kier alpha value is -2.17. The third-order valence-corrected chi connectivity index (χ3v) is 3.21. The van der Waals surface area contributed by atoms with Crippen molar-refractivity contribution >= 4 is 23.2 Å². The van der Waals surface area contributed by atoms with Crippen LogP contribution in [0.25, 0.3) is 0 Å². The van der Waals surface area contributed by atoms with Gasteiger partial charge in [0.1, 0.15) is 6.04 Å². The van der Waals surface area contributed by atoms with Crippen molar-refractivity contribution in [3.05, 3.63) is 38.9 Å². The van der Waals surface area contributed by atoms with Gasteiger partial charge in [-0.2, -0.15) is 5.26 Å². The fourth-order valence-corrected chi connectivity index (χ4v) is 2.26. The van der Waals surface area contributed by atoms with Crippen LogP contribution in [0.5, 0.6) is 0 Å². The van der Waals surface area contributed by atoms with Gasteiger partial charge in [0.05, 0.1) is 11.0 Å². The van der Waals surface area contributed by atoms with Crippen molar-refractivity contribution in [2.45, 2.75) is 6.04 Å². The molecule has 0 saturated carbocycles. The lowest BCUT2D eigenvalue weighted by Gasteiger charge is -2.32. The lowest BCUT2D eigenvalue weighted by Crippen LogP contribution is -2.53. The van der Waals surface area contributed by atoms with Gasteiger partial charge in [0.25, 0.3) is 11.6 Å². The molecule has 0 spiro atoms. The molecule has 1 amide bonds. The quantitative estimate of drug-likeness (QED) is 0.652. The summed E-state index contributed by atoms with van der Waals surface area (Å²) in [7, 11) is 0. The summed E-state index contributed by atoms with van der Waals surface area (Å²) in [6.45, 7) is 1.33. The second-order valence-corrected chi connectivity index (χ2v) is 4.74. The van der Waals surface area contributed by atoms with Crippen LogP contribution in [-0.4, -0.2) is 41.4 Å². The number of hydrogen-bond donors (Lipinski definition) is 1. The molecular weight excluding hydrogens is 284 g/mol. The largest absolute Gasteiger partial charge is 0.320 e. The summed E-state index contributed by atoms with van der Waals surface area (Å²) in [6, 6.07) is 5.16. The maximum absolute atomic E-state index is 12.4. The highest BCUT2D eigenvalue weighted by Gasteiger charge is 2.28. The zero-order valence-corrected chi connectivity index (χ0v) is 11.1.